The van der Waals surface area contributed by atoms with E-state index in [4.69, 9.17) is 5.26 Å². The summed E-state index contributed by atoms with van der Waals surface area (Å²) in [5.74, 6) is 0. The molecule has 0 aliphatic rings. The van der Waals surface area contributed by atoms with Crippen molar-refractivity contribution < 1.29 is 0 Å². The summed E-state index contributed by atoms with van der Waals surface area (Å²) in [6, 6.07) is 10.6. The number of nitrogens with zero attached hydrogens (tertiary/aromatic N) is 3. The molecule has 0 amide bonds. The fourth-order valence-corrected chi connectivity index (χ4v) is 1.76. The Kier molecular flexibility index (Phi) is 3.98. The van der Waals surface area contributed by atoms with E-state index in [1.807, 2.05) is 24.6 Å². The lowest BCUT2D eigenvalue weighted by atomic mass is 9.96. The van der Waals surface area contributed by atoms with Gasteiger partial charge in [0.2, 0.25) is 0 Å². The van der Waals surface area contributed by atoms with Crippen molar-refractivity contribution in [3.05, 3.63) is 48.5 Å². The molecule has 4 heteroatoms. The molecule has 98 valence electrons. The third kappa shape index (κ3) is 3.67. The van der Waals surface area contributed by atoms with Crippen LogP contribution in [0.25, 0.3) is 5.69 Å². The molecule has 0 bridgehead atoms. The summed E-state index contributed by atoms with van der Waals surface area (Å²) in [5.41, 5.74) is 1.98. The Hall–Kier alpha value is -2.12. The molecule has 0 radical (unpaired) electrons. The zero-order valence-corrected chi connectivity index (χ0v) is 11.3. The van der Waals surface area contributed by atoms with E-state index in [0.717, 1.165) is 12.2 Å². The average Bonchev–Trinajstić information content (AvgIpc) is 2.93. The Morgan fingerprint density at radius 1 is 1.32 bits per heavy atom. The molecular weight excluding hydrogens is 236 g/mol. The van der Waals surface area contributed by atoms with Crippen molar-refractivity contribution in [2.45, 2.75) is 20.4 Å². The summed E-state index contributed by atoms with van der Waals surface area (Å²) in [7, 11) is 0. The molecule has 0 unspecified atom stereocenters. The molecular formula is C15H18N4. The van der Waals surface area contributed by atoms with Crippen molar-refractivity contribution in [3.63, 3.8) is 0 Å². The number of hydrogen-bond donors (Lipinski definition) is 1. The Morgan fingerprint density at radius 3 is 2.63 bits per heavy atom. The van der Waals surface area contributed by atoms with Crippen molar-refractivity contribution >= 4 is 0 Å². The molecule has 1 aromatic carbocycles. The van der Waals surface area contributed by atoms with Gasteiger partial charge in [-0.25, -0.2) is 4.98 Å². The van der Waals surface area contributed by atoms with Gasteiger partial charge in [-0.1, -0.05) is 12.1 Å². The first kappa shape index (κ1) is 13.3. The quantitative estimate of drug-likeness (QED) is 0.892. The van der Waals surface area contributed by atoms with Gasteiger partial charge in [0.1, 0.15) is 0 Å². The second-order valence-electron chi connectivity index (χ2n) is 5.24. The average molecular weight is 254 g/mol. The Bertz CT molecular complexity index is 547. The number of benzene rings is 1. The first-order valence-corrected chi connectivity index (χ1v) is 6.30. The van der Waals surface area contributed by atoms with Crippen LogP contribution >= 0.6 is 0 Å². The number of rotatable bonds is 5. The summed E-state index contributed by atoms with van der Waals surface area (Å²) in [6.07, 6.45) is 5.46. The van der Waals surface area contributed by atoms with E-state index in [9.17, 15) is 0 Å². The zero-order chi connectivity index (χ0) is 13.7. The number of nitriles is 1. The lowest BCUT2D eigenvalue weighted by Gasteiger charge is -2.15. The smallest absolute Gasteiger partial charge is 0.0991 e. The normalized spacial score (nSPS) is 11.2. The maximum absolute atomic E-state index is 8.93. The van der Waals surface area contributed by atoms with Gasteiger partial charge in [-0.05, 0) is 31.5 Å². The summed E-state index contributed by atoms with van der Waals surface area (Å²) in [5, 5.41) is 12.2. The molecule has 1 N–H and O–H groups in total. The Labute approximate surface area is 113 Å². The molecule has 2 aromatic rings. The second kappa shape index (κ2) is 5.68. The highest BCUT2D eigenvalue weighted by Crippen LogP contribution is 2.12. The summed E-state index contributed by atoms with van der Waals surface area (Å²) < 4.78 is 1.97. The predicted octanol–water partition coefficient (Wildman–Crippen LogP) is 2.51. The first-order valence-electron chi connectivity index (χ1n) is 6.30. The van der Waals surface area contributed by atoms with Crippen LogP contribution in [0.5, 0.6) is 0 Å². The third-order valence-corrected chi connectivity index (χ3v) is 2.94. The first-order chi connectivity index (χ1) is 9.11. The van der Waals surface area contributed by atoms with Gasteiger partial charge in [-0.2, -0.15) is 5.26 Å². The highest BCUT2D eigenvalue weighted by atomic mass is 15.0. The molecule has 0 spiro atoms. The Morgan fingerprint density at radius 2 is 2.05 bits per heavy atom. The fourth-order valence-electron chi connectivity index (χ4n) is 1.76. The highest BCUT2D eigenvalue weighted by molar-refractivity contribution is 5.34. The topological polar surface area (TPSA) is 53.6 Å². The molecule has 1 heterocycles. The molecule has 1 aromatic heterocycles. The van der Waals surface area contributed by atoms with E-state index in [2.05, 4.69) is 40.6 Å². The molecule has 2 rings (SSSR count). The van der Waals surface area contributed by atoms with Crippen LogP contribution in [0.1, 0.15) is 19.4 Å². The second-order valence-corrected chi connectivity index (χ2v) is 5.24. The van der Waals surface area contributed by atoms with Crippen LogP contribution in [0.2, 0.25) is 0 Å². The summed E-state index contributed by atoms with van der Waals surface area (Å²) in [4.78, 5) is 4.03. The van der Waals surface area contributed by atoms with Gasteiger partial charge in [0.25, 0.3) is 0 Å². The van der Waals surface area contributed by atoms with Gasteiger partial charge in [0.05, 0.1) is 17.8 Å². The van der Waals surface area contributed by atoms with Crippen molar-refractivity contribution in [3.8, 4) is 11.8 Å². The van der Waals surface area contributed by atoms with E-state index < -0.39 is 0 Å². The van der Waals surface area contributed by atoms with E-state index in [1.165, 1.54) is 5.56 Å². The molecule has 4 nitrogen and oxygen atoms in total. The van der Waals surface area contributed by atoms with E-state index in [-0.39, 0.29) is 5.41 Å². The van der Waals surface area contributed by atoms with Crippen LogP contribution in [0.3, 0.4) is 0 Å². The van der Waals surface area contributed by atoms with Crippen LogP contribution < -0.4 is 5.32 Å². The molecule has 0 fully saturated rings. The van der Waals surface area contributed by atoms with Gasteiger partial charge in [0.15, 0.2) is 0 Å². The molecule has 0 saturated heterocycles. The monoisotopic (exact) mass is 254 g/mol. The van der Waals surface area contributed by atoms with Gasteiger partial charge in [0, 0.05) is 31.2 Å². The van der Waals surface area contributed by atoms with Crippen molar-refractivity contribution in [1.82, 2.24) is 14.9 Å². The predicted molar refractivity (Wildman–Crippen MR) is 74.7 cm³/mol. The summed E-state index contributed by atoms with van der Waals surface area (Å²) >= 11 is 0. The minimum atomic E-state index is -0.323. The number of nitrogens with one attached hydrogen (secondary N) is 1. The molecule has 0 aliphatic carbocycles. The van der Waals surface area contributed by atoms with Crippen LogP contribution in [0, 0.1) is 16.7 Å². The molecule has 0 atom stereocenters. The van der Waals surface area contributed by atoms with Crippen molar-refractivity contribution in [2.75, 3.05) is 6.54 Å². The highest BCUT2D eigenvalue weighted by Gasteiger charge is 2.15. The van der Waals surface area contributed by atoms with E-state index in [1.54, 1.807) is 12.5 Å². The largest absolute Gasteiger partial charge is 0.311 e. The van der Waals surface area contributed by atoms with Gasteiger partial charge >= 0.3 is 0 Å². The number of imidazole rings is 1. The molecule has 19 heavy (non-hydrogen) atoms. The Balaban J connectivity index is 1.91. The lowest BCUT2D eigenvalue weighted by Crippen LogP contribution is -2.27. The van der Waals surface area contributed by atoms with Gasteiger partial charge < -0.3 is 9.88 Å². The van der Waals surface area contributed by atoms with Gasteiger partial charge in [-0.15, -0.1) is 0 Å². The minimum absolute atomic E-state index is 0.323. The molecule has 0 saturated carbocycles. The third-order valence-electron chi connectivity index (χ3n) is 2.94. The molecule has 0 aliphatic heterocycles. The van der Waals surface area contributed by atoms with E-state index >= 15 is 0 Å². The minimum Gasteiger partial charge on any atom is -0.311 e. The van der Waals surface area contributed by atoms with Crippen molar-refractivity contribution in [1.29, 1.82) is 5.26 Å². The standard InChI is InChI=1S/C15H18N4/c1-15(2,10-16)11-18-9-13-3-5-14(6-4-13)19-8-7-17-12-19/h3-8,12,18H,9,11H2,1-2H3. The maximum atomic E-state index is 8.93. The lowest BCUT2D eigenvalue weighted by molar-refractivity contribution is 0.445. The zero-order valence-electron chi connectivity index (χ0n) is 11.3. The van der Waals surface area contributed by atoms with Crippen LogP contribution in [-0.4, -0.2) is 16.1 Å². The van der Waals surface area contributed by atoms with Crippen LogP contribution in [0.4, 0.5) is 0 Å². The number of hydrogen-bond acceptors (Lipinski definition) is 3. The summed E-state index contributed by atoms with van der Waals surface area (Å²) in [6.45, 7) is 5.33. The SMILES string of the molecule is CC(C)(C#N)CNCc1ccc(-n2ccnc2)cc1. The maximum Gasteiger partial charge on any atom is 0.0991 e. The van der Waals surface area contributed by atoms with Gasteiger partial charge in [-0.3, -0.25) is 0 Å². The fraction of sp³-hybridized carbons (Fsp3) is 0.333. The number of aromatic nitrogens is 2. The van der Waals surface area contributed by atoms with E-state index in [0.29, 0.717) is 6.54 Å². The van der Waals surface area contributed by atoms with Crippen LogP contribution in [0.15, 0.2) is 43.0 Å². The van der Waals surface area contributed by atoms with Crippen LogP contribution in [-0.2, 0) is 6.54 Å². The van der Waals surface area contributed by atoms with Crippen molar-refractivity contribution in [2.24, 2.45) is 5.41 Å².